The maximum atomic E-state index is 13.5. The van der Waals surface area contributed by atoms with Crippen LogP contribution in [-0.2, 0) is 9.59 Å². The molecule has 1 amide bonds. The van der Waals surface area contributed by atoms with E-state index in [4.69, 9.17) is 23.2 Å². The third kappa shape index (κ3) is 4.19. The fraction of sp³-hybridized carbons (Fsp3) is 0.320. The van der Waals surface area contributed by atoms with Crippen LogP contribution in [0.5, 0.6) is 0 Å². The number of nitrogens with one attached hydrogen (secondary N) is 2. The van der Waals surface area contributed by atoms with Crippen LogP contribution in [0.2, 0.25) is 10.0 Å². The van der Waals surface area contributed by atoms with Crippen LogP contribution in [0.25, 0.3) is 0 Å². The fourth-order valence-corrected chi connectivity index (χ4v) is 5.00. The topological polar surface area (TPSA) is 71.1 Å². The van der Waals surface area contributed by atoms with Gasteiger partial charge < -0.3 is 10.6 Å². The quantitative estimate of drug-likeness (QED) is 0.583. The van der Waals surface area contributed by atoms with Crippen LogP contribution < -0.4 is 10.6 Å². The van der Waals surface area contributed by atoms with E-state index in [9.17, 15) is 9.59 Å². The number of amides is 1. The summed E-state index contributed by atoms with van der Waals surface area (Å²) in [6.45, 7) is 7.92. The largest absolute Gasteiger partial charge is 0.362 e. The molecule has 1 aliphatic carbocycles. The molecular weight excluding hydrogens is 445 g/mol. The summed E-state index contributed by atoms with van der Waals surface area (Å²) in [4.78, 5) is 31.1. The molecule has 1 aliphatic heterocycles. The number of Topliss-reactive ketones (excluding diaryl/α,β-unsaturated/α-hetero) is 1. The number of pyridine rings is 1. The SMILES string of the molecule is CC1=C(C(=O)Nc2cc(C)ccn2)[C@@H](c2cccc(Cl)c2Cl)C2=C(CC(C)(C)CC2=O)N1. The number of rotatable bonds is 3. The van der Waals surface area contributed by atoms with E-state index in [1.54, 1.807) is 24.4 Å². The smallest absolute Gasteiger partial charge is 0.255 e. The lowest BCUT2D eigenvalue weighted by Gasteiger charge is -2.39. The minimum atomic E-state index is -0.620. The maximum Gasteiger partial charge on any atom is 0.255 e. The average Bonchev–Trinajstić information content (AvgIpc) is 2.68. The Bertz CT molecular complexity index is 1200. The van der Waals surface area contributed by atoms with Crippen LogP contribution >= 0.6 is 23.2 Å². The summed E-state index contributed by atoms with van der Waals surface area (Å²) in [7, 11) is 0. The lowest BCUT2D eigenvalue weighted by atomic mass is 9.68. The molecule has 7 heteroatoms. The summed E-state index contributed by atoms with van der Waals surface area (Å²) in [5.41, 5.74) is 3.99. The number of halogens is 2. The molecule has 1 aromatic carbocycles. The molecule has 32 heavy (non-hydrogen) atoms. The minimum absolute atomic E-state index is 0.0104. The number of nitrogens with zero attached hydrogens (tertiary/aromatic N) is 1. The summed E-state index contributed by atoms with van der Waals surface area (Å²) in [6, 6.07) is 8.96. The van der Waals surface area contributed by atoms with E-state index in [1.165, 1.54) is 0 Å². The van der Waals surface area contributed by atoms with Crippen molar-refractivity contribution in [3.05, 3.63) is 80.2 Å². The maximum absolute atomic E-state index is 13.5. The first-order valence-electron chi connectivity index (χ1n) is 10.5. The van der Waals surface area contributed by atoms with Crippen molar-refractivity contribution in [3.8, 4) is 0 Å². The predicted molar refractivity (Wildman–Crippen MR) is 128 cm³/mol. The number of anilines is 1. The Hall–Kier alpha value is -2.63. The lowest BCUT2D eigenvalue weighted by Crippen LogP contribution is -2.39. The van der Waals surface area contributed by atoms with Gasteiger partial charge in [0.1, 0.15) is 5.82 Å². The van der Waals surface area contributed by atoms with Crippen molar-refractivity contribution in [2.24, 2.45) is 5.41 Å². The number of hydrogen-bond donors (Lipinski definition) is 2. The van der Waals surface area contributed by atoms with Gasteiger partial charge in [-0.1, -0.05) is 49.2 Å². The second-order valence-corrected chi connectivity index (χ2v) is 10.0. The van der Waals surface area contributed by atoms with Gasteiger partial charge in [0.25, 0.3) is 5.91 Å². The standard InChI is InChI=1S/C25H25Cl2N3O2/c1-13-8-9-28-19(10-13)30-24(32)20-14(2)29-17-11-25(3,4)12-18(31)22(17)21(20)15-6-5-7-16(26)23(15)27/h5-10,21,29H,11-12H2,1-4H3,(H,28,30,32)/t21-/m1/s1. The van der Waals surface area contributed by atoms with Crippen LogP contribution in [-0.4, -0.2) is 16.7 Å². The number of ketones is 1. The number of benzene rings is 1. The van der Waals surface area contributed by atoms with Crippen molar-refractivity contribution in [2.75, 3.05) is 5.32 Å². The summed E-state index contributed by atoms with van der Waals surface area (Å²) in [5.74, 6) is -0.498. The van der Waals surface area contributed by atoms with E-state index >= 15 is 0 Å². The van der Waals surface area contributed by atoms with Gasteiger partial charge in [0.15, 0.2) is 5.78 Å². The highest BCUT2D eigenvalue weighted by Crippen LogP contribution is 2.48. The molecule has 2 aliphatic rings. The first kappa shape index (κ1) is 22.6. The molecule has 1 atom stereocenters. The molecule has 0 fully saturated rings. The molecule has 0 unspecified atom stereocenters. The van der Waals surface area contributed by atoms with Crippen molar-refractivity contribution in [1.82, 2.24) is 10.3 Å². The Morgan fingerprint density at radius 1 is 1.19 bits per heavy atom. The van der Waals surface area contributed by atoms with Gasteiger partial charge >= 0.3 is 0 Å². The third-order valence-electron chi connectivity index (χ3n) is 5.93. The van der Waals surface area contributed by atoms with E-state index in [1.807, 2.05) is 26.0 Å². The number of aromatic nitrogens is 1. The van der Waals surface area contributed by atoms with Gasteiger partial charge in [-0.25, -0.2) is 4.98 Å². The molecular formula is C25H25Cl2N3O2. The Balaban J connectivity index is 1.85. The van der Waals surface area contributed by atoms with Crippen molar-refractivity contribution in [1.29, 1.82) is 0 Å². The zero-order valence-corrected chi connectivity index (χ0v) is 20.0. The molecule has 5 nitrogen and oxygen atoms in total. The highest BCUT2D eigenvalue weighted by atomic mass is 35.5. The van der Waals surface area contributed by atoms with Crippen LogP contribution in [0, 0.1) is 12.3 Å². The molecule has 0 saturated heterocycles. The summed E-state index contributed by atoms with van der Waals surface area (Å²) in [5, 5.41) is 6.96. The van der Waals surface area contributed by atoms with E-state index in [0.717, 1.165) is 11.3 Å². The Labute approximate surface area is 197 Å². The highest BCUT2D eigenvalue weighted by molar-refractivity contribution is 6.42. The minimum Gasteiger partial charge on any atom is -0.362 e. The Kier molecular flexibility index (Phi) is 5.91. The van der Waals surface area contributed by atoms with Crippen LogP contribution in [0.15, 0.2) is 59.1 Å². The van der Waals surface area contributed by atoms with E-state index in [-0.39, 0.29) is 17.1 Å². The second kappa shape index (κ2) is 8.38. The first-order chi connectivity index (χ1) is 15.1. The monoisotopic (exact) mass is 469 g/mol. The van der Waals surface area contributed by atoms with Gasteiger partial charge in [0, 0.05) is 41.1 Å². The molecule has 4 rings (SSSR count). The number of aryl methyl sites for hydroxylation is 1. The fourth-order valence-electron chi connectivity index (χ4n) is 4.58. The molecule has 166 valence electrons. The molecule has 1 aromatic heterocycles. The van der Waals surface area contributed by atoms with Crippen molar-refractivity contribution >= 4 is 40.7 Å². The van der Waals surface area contributed by atoms with Crippen LogP contribution in [0.3, 0.4) is 0 Å². The molecule has 2 N–H and O–H groups in total. The number of dihydropyridines is 1. The van der Waals surface area contributed by atoms with Gasteiger partial charge in [-0.05, 0) is 55.0 Å². The van der Waals surface area contributed by atoms with E-state index < -0.39 is 5.92 Å². The molecule has 2 aromatic rings. The Morgan fingerprint density at radius 2 is 1.94 bits per heavy atom. The predicted octanol–water partition coefficient (Wildman–Crippen LogP) is 5.94. The third-order valence-corrected chi connectivity index (χ3v) is 6.77. The number of hydrogen-bond acceptors (Lipinski definition) is 4. The molecule has 2 heterocycles. The van der Waals surface area contributed by atoms with Gasteiger partial charge in [0.2, 0.25) is 0 Å². The molecule has 0 bridgehead atoms. The van der Waals surface area contributed by atoms with Crippen molar-refractivity contribution in [2.45, 2.75) is 46.5 Å². The van der Waals surface area contributed by atoms with Gasteiger partial charge in [0.05, 0.1) is 10.0 Å². The van der Waals surface area contributed by atoms with Crippen LogP contribution in [0.4, 0.5) is 5.82 Å². The number of carbonyl (C=O) groups is 2. The zero-order valence-electron chi connectivity index (χ0n) is 18.5. The van der Waals surface area contributed by atoms with Gasteiger partial charge in [-0.15, -0.1) is 0 Å². The van der Waals surface area contributed by atoms with Crippen molar-refractivity contribution in [3.63, 3.8) is 0 Å². The average molecular weight is 470 g/mol. The zero-order chi connectivity index (χ0) is 23.2. The normalized spacial score (nSPS) is 20.1. The summed E-state index contributed by atoms with van der Waals surface area (Å²) in [6.07, 6.45) is 2.74. The highest BCUT2D eigenvalue weighted by Gasteiger charge is 2.43. The Morgan fingerprint density at radius 3 is 2.66 bits per heavy atom. The van der Waals surface area contributed by atoms with E-state index in [0.29, 0.717) is 51.1 Å². The summed E-state index contributed by atoms with van der Waals surface area (Å²) < 4.78 is 0. The first-order valence-corrected chi connectivity index (χ1v) is 11.2. The molecule has 0 saturated carbocycles. The van der Waals surface area contributed by atoms with Gasteiger partial charge in [-0.2, -0.15) is 0 Å². The molecule has 0 radical (unpaired) electrons. The number of carbonyl (C=O) groups excluding carboxylic acids is 2. The van der Waals surface area contributed by atoms with Crippen molar-refractivity contribution < 1.29 is 9.59 Å². The molecule has 0 spiro atoms. The van der Waals surface area contributed by atoms with E-state index in [2.05, 4.69) is 29.5 Å². The number of allylic oxidation sites excluding steroid dienone is 3. The van der Waals surface area contributed by atoms with Gasteiger partial charge in [-0.3, -0.25) is 9.59 Å². The van der Waals surface area contributed by atoms with Crippen LogP contribution in [0.1, 0.15) is 50.7 Å². The second-order valence-electron chi connectivity index (χ2n) is 9.25. The lowest BCUT2D eigenvalue weighted by molar-refractivity contribution is -0.118. The summed E-state index contributed by atoms with van der Waals surface area (Å²) >= 11 is 12.9.